The van der Waals surface area contributed by atoms with Crippen LogP contribution in [-0.4, -0.2) is 34.1 Å². The number of thioether (sulfide) groups is 1. The maximum atomic E-state index is 12.7. The Morgan fingerprint density at radius 3 is 2.28 bits per heavy atom. The van der Waals surface area contributed by atoms with Crippen LogP contribution in [0.1, 0.15) is 0 Å². The molecule has 1 heterocycles. The summed E-state index contributed by atoms with van der Waals surface area (Å²) in [6, 6.07) is 14.3. The number of ether oxygens (including phenoxy) is 2. The highest BCUT2D eigenvalue weighted by Crippen LogP contribution is 2.40. The minimum atomic E-state index is -3.45. The van der Waals surface area contributed by atoms with Crippen molar-refractivity contribution in [1.82, 2.24) is 0 Å². The number of methoxy groups -OCH3 is 2. The second-order valence-electron chi connectivity index (χ2n) is 5.29. The highest BCUT2D eigenvalue weighted by molar-refractivity contribution is 8.24. The van der Waals surface area contributed by atoms with Crippen molar-refractivity contribution < 1.29 is 17.9 Å². The molecule has 4 nitrogen and oxygen atoms in total. The molecule has 0 spiro atoms. The first-order valence-electron chi connectivity index (χ1n) is 7.62. The van der Waals surface area contributed by atoms with Gasteiger partial charge in [-0.1, -0.05) is 30.0 Å². The minimum Gasteiger partial charge on any atom is -0.496 e. The van der Waals surface area contributed by atoms with E-state index in [2.05, 4.69) is 0 Å². The van der Waals surface area contributed by atoms with Crippen LogP contribution in [0.25, 0.3) is 0 Å². The minimum absolute atomic E-state index is 0.288. The molecule has 1 aliphatic rings. The molecule has 3 rings (SSSR count). The van der Waals surface area contributed by atoms with Crippen molar-refractivity contribution in [3.05, 3.63) is 58.2 Å². The normalized spacial score (nSPS) is 19.1. The zero-order valence-corrected chi connectivity index (χ0v) is 16.4. The van der Waals surface area contributed by atoms with Gasteiger partial charge in [-0.05, 0) is 12.1 Å². The van der Waals surface area contributed by atoms with E-state index in [0.717, 1.165) is 20.6 Å². The summed E-state index contributed by atoms with van der Waals surface area (Å²) in [5.41, 5.74) is 0. The van der Waals surface area contributed by atoms with E-state index in [1.54, 1.807) is 50.2 Å². The molecule has 1 saturated heterocycles. The summed E-state index contributed by atoms with van der Waals surface area (Å²) < 4.78 is 36.9. The molecule has 1 aliphatic heterocycles. The summed E-state index contributed by atoms with van der Waals surface area (Å²) in [5.74, 6) is 3.24. The van der Waals surface area contributed by atoms with Crippen LogP contribution in [0.3, 0.4) is 0 Å². The van der Waals surface area contributed by atoms with Crippen LogP contribution in [0.4, 0.5) is 0 Å². The second kappa shape index (κ2) is 7.76. The van der Waals surface area contributed by atoms with E-state index in [-0.39, 0.29) is 10.9 Å². The maximum absolute atomic E-state index is 12.7. The fourth-order valence-corrected chi connectivity index (χ4v) is 8.62. The van der Waals surface area contributed by atoms with Crippen LogP contribution in [-0.2, 0) is 20.7 Å². The second-order valence-corrected chi connectivity index (χ2v) is 10.6. The Labute approximate surface area is 155 Å². The fraction of sp³-hybridized carbons (Fsp3) is 0.222. The molecular weight excluding hydrogens is 376 g/mol. The van der Waals surface area contributed by atoms with Gasteiger partial charge in [-0.15, -0.1) is 0 Å². The lowest BCUT2D eigenvalue weighted by Gasteiger charge is -2.08. The predicted molar refractivity (Wildman–Crippen MR) is 104 cm³/mol. The zero-order chi connectivity index (χ0) is 17.9. The standard InChI is InChI=1S/C18H19O4S3/c1-21-14-10-15(22-2)12-16(11-14)24-9-8-23-18(24)13-25(19,20)17-6-4-3-5-7-17/h3-7,10-13H,8-9H2,1-2H3/q+1/b18-13-. The van der Waals surface area contributed by atoms with Gasteiger partial charge in [0.1, 0.15) is 17.3 Å². The zero-order valence-electron chi connectivity index (χ0n) is 14.0. The van der Waals surface area contributed by atoms with E-state index in [4.69, 9.17) is 9.47 Å². The van der Waals surface area contributed by atoms with Crippen LogP contribution >= 0.6 is 11.8 Å². The molecule has 132 valence electrons. The topological polar surface area (TPSA) is 52.6 Å². The van der Waals surface area contributed by atoms with E-state index in [9.17, 15) is 8.42 Å². The van der Waals surface area contributed by atoms with Gasteiger partial charge in [0.2, 0.25) is 14.1 Å². The van der Waals surface area contributed by atoms with Crippen LogP contribution in [0.15, 0.2) is 68.0 Å². The van der Waals surface area contributed by atoms with Crippen molar-refractivity contribution in [2.24, 2.45) is 0 Å². The first-order chi connectivity index (χ1) is 12.0. The van der Waals surface area contributed by atoms with Crippen molar-refractivity contribution in [3.8, 4) is 11.5 Å². The molecule has 2 aromatic rings. The van der Waals surface area contributed by atoms with E-state index in [0.29, 0.717) is 16.4 Å². The Bertz CT molecular complexity index is 854. The third-order valence-corrected chi connectivity index (χ3v) is 9.53. The molecule has 2 aromatic carbocycles. The Morgan fingerprint density at radius 1 is 1.04 bits per heavy atom. The Hall–Kier alpha value is -1.57. The summed E-state index contributed by atoms with van der Waals surface area (Å²) in [6.45, 7) is 0. The first-order valence-corrected chi connectivity index (χ1v) is 11.5. The van der Waals surface area contributed by atoms with Crippen molar-refractivity contribution in [2.45, 2.75) is 9.79 Å². The number of hydrogen-bond acceptors (Lipinski definition) is 5. The largest absolute Gasteiger partial charge is 0.496 e. The molecule has 0 radical (unpaired) electrons. The summed E-state index contributed by atoms with van der Waals surface area (Å²) in [5, 5.41) is 1.43. The van der Waals surface area contributed by atoms with Gasteiger partial charge in [0.15, 0.2) is 4.90 Å². The molecule has 1 fully saturated rings. The van der Waals surface area contributed by atoms with E-state index in [1.807, 2.05) is 24.3 Å². The average Bonchev–Trinajstić information content (AvgIpc) is 3.09. The number of benzene rings is 2. The van der Waals surface area contributed by atoms with Crippen LogP contribution in [0, 0.1) is 0 Å². The van der Waals surface area contributed by atoms with E-state index in [1.165, 1.54) is 5.41 Å². The average molecular weight is 396 g/mol. The molecular formula is C18H19O4S3+. The van der Waals surface area contributed by atoms with Gasteiger partial charge in [0.25, 0.3) is 0 Å². The smallest absolute Gasteiger partial charge is 0.206 e. The molecule has 0 amide bonds. The fourth-order valence-electron chi connectivity index (χ4n) is 2.45. The molecule has 1 unspecified atom stereocenters. The number of hydrogen-bond donors (Lipinski definition) is 0. The molecule has 25 heavy (non-hydrogen) atoms. The van der Waals surface area contributed by atoms with Gasteiger partial charge in [-0.3, -0.25) is 0 Å². The van der Waals surface area contributed by atoms with Crippen LogP contribution in [0.5, 0.6) is 11.5 Å². The highest BCUT2D eigenvalue weighted by atomic mass is 32.3. The van der Waals surface area contributed by atoms with Gasteiger partial charge in [0, 0.05) is 24.0 Å². The molecule has 0 saturated carbocycles. The van der Waals surface area contributed by atoms with Crippen molar-refractivity contribution in [1.29, 1.82) is 0 Å². The van der Waals surface area contributed by atoms with Crippen molar-refractivity contribution in [2.75, 3.05) is 25.7 Å². The summed E-state index contributed by atoms with van der Waals surface area (Å²) >= 11 is 1.61. The Morgan fingerprint density at radius 2 is 1.68 bits per heavy atom. The van der Waals surface area contributed by atoms with Crippen LogP contribution in [0.2, 0.25) is 0 Å². The molecule has 0 aromatic heterocycles. The van der Waals surface area contributed by atoms with Crippen molar-refractivity contribution >= 4 is 32.5 Å². The molecule has 0 aliphatic carbocycles. The van der Waals surface area contributed by atoms with Gasteiger partial charge in [0.05, 0.1) is 35.4 Å². The van der Waals surface area contributed by atoms with Gasteiger partial charge >= 0.3 is 0 Å². The lowest BCUT2D eigenvalue weighted by molar-refractivity contribution is 0.392. The Balaban J connectivity index is 1.98. The lowest BCUT2D eigenvalue weighted by Crippen LogP contribution is -2.06. The summed E-state index contributed by atoms with van der Waals surface area (Å²) in [7, 11) is -0.516. The third-order valence-electron chi connectivity index (χ3n) is 3.71. The number of sulfone groups is 1. The summed E-state index contributed by atoms with van der Waals surface area (Å²) in [4.78, 5) is 1.36. The highest BCUT2D eigenvalue weighted by Gasteiger charge is 2.37. The number of rotatable bonds is 5. The van der Waals surface area contributed by atoms with Gasteiger partial charge in [-0.25, -0.2) is 8.42 Å². The van der Waals surface area contributed by atoms with Gasteiger partial charge < -0.3 is 9.47 Å². The monoisotopic (exact) mass is 395 g/mol. The molecule has 1 atom stereocenters. The molecule has 0 N–H and O–H groups in total. The lowest BCUT2D eigenvalue weighted by atomic mass is 10.3. The van der Waals surface area contributed by atoms with Gasteiger partial charge in [-0.2, -0.15) is 0 Å². The van der Waals surface area contributed by atoms with E-state index >= 15 is 0 Å². The quantitative estimate of drug-likeness (QED) is 0.723. The van der Waals surface area contributed by atoms with Crippen molar-refractivity contribution in [3.63, 3.8) is 0 Å². The summed E-state index contributed by atoms with van der Waals surface area (Å²) in [6.07, 6.45) is 0. The van der Waals surface area contributed by atoms with E-state index < -0.39 is 9.84 Å². The molecule has 0 bridgehead atoms. The first kappa shape index (κ1) is 18.2. The Kier molecular flexibility index (Phi) is 5.66. The third kappa shape index (κ3) is 4.16. The predicted octanol–water partition coefficient (Wildman–Crippen LogP) is 3.70. The van der Waals surface area contributed by atoms with Crippen LogP contribution < -0.4 is 9.47 Å². The maximum Gasteiger partial charge on any atom is 0.206 e. The SMILES string of the molecule is COc1cc(OC)cc([S+]2CCS/C2=C/S(=O)(=O)c2ccccc2)c1. The molecule has 7 heteroatoms.